The highest BCUT2D eigenvalue weighted by Gasteiger charge is 2.26. The number of nitrogens with one attached hydrogen (secondary N) is 1. The number of hydrogen-bond donors (Lipinski definition) is 1. The van der Waals surface area contributed by atoms with Gasteiger partial charge in [-0.2, -0.15) is 0 Å². The van der Waals surface area contributed by atoms with Gasteiger partial charge in [-0.1, -0.05) is 39.0 Å². The molecule has 8 heteroatoms. The zero-order chi connectivity index (χ0) is 25.1. The first-order valence-electron chi connectivity index (χ1n) is 11.3. The first-order valence-corrected chi connectivity index (χ1v) is 11.3. The van der Waals surface area contributed by atoms with Crippen LogP contribution in [0.5, 0.6) is 11.5 Å². The Morgan fingerprint density at radius 2 is 1.76 bits per heavy atom. The molecule has 0 bridgehead atoms. The van der Waals surface area contributed by atoms with Gasteiger partial charge in [0, 0.05) is 37.4 Å². The van der Waals surface area contributed by atoms with E-state index in [1.807, 2.05) is 36.4 Å². The van der Waals surface area contributed by atoms with E-state index in [-0.39, 0.29) is 30.6 Å². The van der Waals surface area contributed by atoms with Gasteiger partial charge in [0.25, 0.3) is 0 Å². The predicted molar refractivity (Wildman–Crippen MR) is 133 cm³/mol. The van der Waals surface area contributed by atoms with Gasteiger partial charge in [-0.3, -0.25) is 9.69 Å². The zero-order valence-corrected chi connectivity index (χ0v) is 21.0. The number of rotatable bonds is 11. The molecule has 0 radical (unpaired) electrons. The highest BCUT2D eigenvalue weighted by Crippen LogP contribution is 2.41. The average Bonchev–Trinajstić information content (AvgIpc) is 2.80. The van der Waals surface area contributed by atoms with Gasteiger partial charge in [-0.25, -0.2) is 4.79 Å². The van der Waals surface area contributed by atoms with Crippen molar-refractivity contribution < 1.29 is 28.5 Å². The van der Waals surface area contributed by atoms with Crippen LogP contribution in [0.2, 0.25) is 0 Å². The molecule has 0 spiro atoms. The minimum atomic E-state index is -0.356. The second-order valence-corrected chi connectivity index (χ2v) is 8.68. The molecular formula is C26H36N2O6. The van der Waals surface area contributed by atoms with Crippen LogP contribution in [0.15, 0.2) is 42.5 Å². The molecule has 0 atom stereocenters. The van der Waals surface area contributed by atoms with E-state index >= 15 is 0 Å². The average molecular weight is 473 g/mol. The molecule has 186 valence electrons. The molecule has 8 nitrogen and oxygen atoms in total. The number of amides is 2. The van der Waals surface area contributed by atoms with Crippen molar-refractivity contribution in [2.75, 3.05) is 44.4 Å². The predicted octanol–water partition coefficient (Wildman–Crippen LogP) is 5.36. The first-order chi connectivity index (χ1) is 16.2. The lowest BCUT2D eigenvalue weighted by atomic mass is 9.85. The van der Waals surface area contributed by atoms with Crippen LogP contribution in [0.1, 0.15) is 46.1 Å². The number of para-hydroxylation sites is 1. The molecular weight excluding hydrogens is 436 g/mol. The van der Waals surface area contributed by atoms with Crippen LogP contribution in [-0.2, 0) is 19.7 Å². The summed E-state index contributed by atoms with van der Waals surface area (Å²) in [5, 5.41) is 2.98. The van der Waals surface area contributed by atoms with Crippen molar-refractivity contribution in [3.8, 4) is 11.5 Å². The molecule has 0 aliphatic heterocycles. The number of hydrogen-bond acceptors (Lipinski definition) is 6. The third-order valence-corrected chi connectivity index (χ3v) is 5.05. The van der Waals surface area contributed by atoms with Crippen LogP contribution in [0.3, 0.4) is 0 Å². The number of benzene rings is 2. The summed E-state index contributed by atoms with van der Waals surface area (Å²) in [5.41, 5.74) is 1.77. The Balaban J connectivity index is 2.38. The van der Waals surface area contributed by atoms with E-state index < -0.39 is 0 Å². The first kappa shape index (κ1) is 27.0. The number of urea groups is 1. The molecule has 0 saturated carbocycles. The van der Waals surface area contributed by atoms with E-state index in [9.17, 15) is 9.59 Å². The SMILES string of the molecule is CCOC(=O)CCCN(C(=O)Nc1cc(OC)cc(C(C)(C)C)c1OCOC)c1ccccc1. The maximum absolute atomic E-state index is 13.5. The summed E-state index contributed by atoms with van der Waals surface area (Å²) in [5.74, 6) is 0.829. The van der Waals surface area contributed by atoms with Crippen LogP contribution >= 0.6 is 0 Å². The summed E-state index contributed by atoms with van der Waals surface area (Å²) in [7, 11) is 3.12. The number of nitrogens with zero attached hydrogens (tertiary/aromatic N) is 1. The quantitative estimate of drug-likeness (QED) is 0.350. The molecule has 0 aliphatic carbocycles. The van der Waals surface area contributed by atoms with Crippen LogP contribution in [0.4, 0.5) is 16.2 Å². The molecule has 2 amide bonds. The normalized spacial score (nSPS) is 11.0. The number of carbonyl (C=O) groups excluding carboxylic acids is 2. The lowest BCUT2D eigenvalue weighted by Gasteiger charge is -2.27. The van der Waals surface area contributed by atoms with Crippen LogP contribution in [0, 0.1) is 0 Å². The van der Waals surface area contributed by atoms with Gasteiger partial charge in [-0.05, 0) is 37.0 Å². The molecule has 0 aliphatic rings. The minimum absolute atomic E-state index is 0.0280. The van der Waals surface area contributed by atoms with Crippen molar-refractivity contribution in [2.24, 2.45) is 0 Å². The number of ether oxygens (including phenoxy) is 4. The fourth-order valence-corrected chi connectivity index (χ4v) is 3.40. The lowest BCUT2D eigenvalue weighted by Crippen LogP contribution is -2.36. The Morgan fingerprint density at radius 3 is 2.35 bits per heavy atom. The van der Waals surface area contributed by atoms with E-state index in [4.69, 9.17) is 18.9 Å². The highest BCUT2D eigenvalue weighted by atomic mass is 16.7. The van der Waals surface area contributed by atoms with Gasteiger partial charge in [0.15, 0.2) is 6.79 Å². The van der Waals surface area contributed by atoms with Crippen molar-refractivity contribution in [3.05, 3.63) is 48.0 Å². The molecule has 2 rings (SSSR count). The summed E-state index contributed by atoms with van der Waals surface area (Å²) in [6.45, 7) is 8.62. The van der Waals surface area contributed by atoms with Gasteiger partial charge in [0.05, 0.1) is 19.4 Å². The molecule has 0 aromatic heterocycles. The van der Waals surface area contributed by atoms with Gasteiger partial charge < -0.3 is 24.3 Å². The Labute approximate surface area is 202 Å². The maximum atomic E-state index is 13.5. The third kappa shape index (κ3) is 7.66. The van der Waals surface area contributed by atoms with Crippen molar-refractivity contribution >= 4 is 23.4 Å². The zero-order valence-electron chi connectivity index (χ0n) is 21.0. The molecule has 0 unspecified atom stereocenters. The maximum Gasteiger partial charge on any atom is 0.326 e. The summed E-state index contributed by atoms with van der Waals surface area (Å²) >= 11 is 0. The molecule has 0 fully saturated rings. The van der Waals surface area contributed by atoms with Gasteiger partial charge >= 0.3 is 12.0 Å². The second kappa shape index (κ2) is 12.8. The van der Waals surface area contributed by atoms with E-state index in [1.165, 1.54) is 0 Å². The molecule has 0 saturated heterocycles. The van der Waals surface area contributed by atoms with E-state index in [0.29, 0.717) is 42.4 Å². The second-order valence-electron chi connectivity index (χ2n) is 8.68. The van der Waals surface area contributed by atoms with Crippen LogP contribution in [0.25, 0.3) is 0 Å². The topological polar surface area (TPSA) is 86.3 Å². The number of anilines is 2. The standard InChI is InChI=1S/C26H36N2O6/c1-7-33-23(29)14-11-15-28(19-12-9-8-10-13-19)25(30)27-22-17-20(32-6)16-21(26(2,3)4)24(22)34-18-31-5/h8-10,12-13,16-17H,7,11,14-15,18H2,1-6H3,(H,27,30). The van der Waals surface area contributed by atoms with Crippen LogP contribution in [-0.4, -0.2) is 46.2 Å². The number of carbonyl (C=O) groups is 2. The molecule has 1 N–H and O–H groups in total. The highest BCUT2D eigenvalue weighted by molar-refractivity contribution is 6.03. The van der Waals surface area contributed by atoms with Gasteiger partial charge in [0.2, 0.25) is 0 Å². The van der Waals surface area contributed by atoms with E-state index in [1.54, 1.807) is 32.1 Å². The molecule has 2 aromatic rings. The number of esters is 1. The summed E-state index contributed by atoms with van der Waals surface area (Å²) in [6, 6.07) is 12.6. The van der Waals surface area contributed by atoms with Crippen molar-refractivity contribution in [1.82, 2.24) is 0 Å². The van der Waals surface area contributed by atoms with Gasteiger partial charge in [0.1, 0.15) is 11.5 Å². The third-order valence-electron chi connectivity index (χ3n) is 5.05. The van der Waals surface area contributed by atoms with Crippen molar-refractivity contribution in [3.63, 3.8) is 0 Å². The minimum Gasteiger partial charge on any atom is -0.497 e. The van der Waals surface area contributed by atoms with Crippen molar-refractivity contribution in [1.29, 1.82) is 0 Å². The lowest BCUT2D eigenvalue weighted by molar-refractivity contribution is -0.143. The smallest absolute Gasteiger partial charge is 0.326 e. The Bertz CT molecular complexity index is 940. The van der Waals surface area contributed by atoms with E-state index in [2.05, 4.69) is 26.1 Å². The fourth-order valence-electron chi connectivity index (χ4n) is 3.40. The Morgan fingerprint density at radius 1 is 1.06 bits per heavy atom. The van der Waals surface area contributed by atoms with Crippen LogP contribution < -0.4 is 19.7 Å². The monoisotopic (exact) mass is 472 g/mol. The van der Waals surface area contributed by atoms with E-state index in [0.717, 1.165) is 5.56 Å². The Kier molecular flexibility index (Phi) is 10.2. The van der Waals surface area contributed by atoms with Gasteiger partial charge in [-0.15, -0.1) is 0 Å². The largest absolute Gasteiger partial charge is 0.497 e. The fraction of sp³-hybridized carbons (Fsp3) is 0.462. The number of methoxy groups -OCH3 is 2. The Hall–Kier alpha value is -3.26. The molecule has 2 aromatic carbocycles. The summed E-state index contributed by atoms with van der Waals surface area (Å²) in [4.78, 5) is 26.9. The molecule has 0 heterocycles. The molecule has 34 heavy (non-hydrogen) atoms. The summed E-state index contributed by atoms with van der Waals surface area (Å²) in [6.07, 6.45) is 0.680. The summed E-state index contributed by atoms with van der Waals surface area (Å²) < 4.78 is 21.5. The van der Waals surface area contributed by atoms with Crippen molar-refractivity contribution in [2.45, 2.75) is 46.0 Å².